The molecule has 17 heavy (non-hydrogen) atoms. The fourth-order valence-corrected chi connectivity index (χ4v) is 1.11. The quantitative estimate of drug-likeness (QED) is 0.804. The lowest BCUT2D eigenvalue weighted by atomic mass is 10.0. The van der Waals surface area contributed by atoms with E-state index in [2.05, 4.69) is 0 Å². The molecule has 0 aliphatic rings. The highest BCUT2D eigenvalue weighted by molar-refractivity contribution is 5.84. The number of alkyl halides is 5. The smallest absolute Gasteiger partial charge is 0.354 e. The molecule has 0 fully saturated rings. The number of carbonyl (C=O) groups is 1. The molecule has 0 saturated heterocycles. The highest BCUT2D eigenvalue weighted by Gasteiger charge is 2.41. The Morgan fingerprint density at radius 3 is 2.18 bits per heavy atom. The van der Waals surface area contributed by atoms with E-state index in [1.54, 1.807) is 5.32 Å². The SMILES string of the molecule is CNC(=O)C(F)(F)c1c[c]cc(C(F)(F)F)c1. The highest BCUT2D eigenvalue weighted by Crippen LogP contribution is 2.34. The van der Waals surface area contributed by atoms with Crippen LogP contribution in [0.15, 0.2) is 18.2 Å². The van der Waals surface area contributed by atoms with E-state index in [0.717, 1.165) is 7.05 Å². The van der Waals surface area contributed by atoms with Crippen molar-refractivity contribution >= 4 is 5.91 Å². The molecule has 0 aliphatic heterocycles. The van der Waals surface area contributed by atoms with Crippen molar-refractivity contribution in [3.63, 3.8) is 0 Å². The maximum Gasteiger partial charge on any atom is 0.416 e. The lowest BCUT2D eigenvalue weighted by Gasteiger charge is -2.16. The van der Waals surface area contributed by atoms with Crippen molar-refractivity contribution in [2.24, 2.45) is 0 Å². The molecule has 1 radical (unpaired) electrons. The molecule has 0 aromatic heterocycles. The molecule has 2 nitrogen and oxygen atoms in total. The second-order valence-electron chi connectivity index (χ2n) is 3.16. The molecular weight excluding hydrogens is 245 g/mol. The predicted molar refractivity (Wildman–Crippen MR) is 48.2 cm³/mol. The lowest BCUT2D eigenvalue weighted by Crippen LogP contribution is -2.35. The molecule has 1 rings (SSSR count). The number of nitrogens with one attached hydrogen (secondary N) is 1. The summed E-state index contributed by atoms with van der Waals surface area (Å²) in [5.74, 6) is -5.70. The average Bonchev–Trinajstić information content (AvgIpc) is 2.27. The summed E-state index contributed by atoms with van der Waals surface area (Å²) in [5.41, 5.74) is -2.33. The van der Waals surface area contributed by atoms with Gasteiger partial charge >= 0.3 is 12.1 Å². The van der Waals surface area contributed by atoms with Gasteiger partial charge in [0.05, 0.1) is 5.56 Å². The topological polar surface area (TPSA) is 29.1 Å². The molecule has 0 unspecified atom stereocenters. The maximum atomic E-state index is 13.3. The van der Waals surface area contributed by atoms with Crippen molar-refractivity contribution < 1.29 is 26.7 Å². The summed E-state index contributed by atoms with van der Waals surface area (Å²) in [4.78, 5) is 10.8. The second-order valence-corrected chi connectivity index (χ2v) is 3.16. The van der Waals surface area contributed by atoms with Crippen LogP contribution in [0.25, 0.3) is 0 Å². The van der Waals surface area contributed by atoms with Crippen LogP contribution < -0.4 is 5.32 Å². The van der Waals surface area contributed by atoms with Gasteiger partial charge in [0.2, 0.25) is 0 Å². The zero-order valence-electron chi connectivity index (χ0n) is 8.53. The summed E-state index contributed by atoms with van der Waals surface area (Å²) >= 11 is 0. The standard InChI is InChI=1S/C10H7F5NO/c1-16-8(17)9(11,12)6-3-2-4-7(5-6)10(13,14)15/h3-5H,1H3,(H,16,17). The summed E-state index contributed by atoms with van der Waals surface area (Å²) in [6.07, 6.45) is -4.76. The normalized spacial score (nSPS) is 12.4. The zero-order chi connectivity index (χ0) is 13.3. The predicted octanol–water partition coefficient (Wildman–Crippen LogP) is 2.34. The molecule has 93 valence electrons. The average molecular weight is 252 g/mol. The second kappa shape index (κ2) is 4.31. The first-order valence-corrected chi connectivity index (χ1v) is 4.38. The van der Waals surface area contributed by atoms with E-state index in [0.29, 0.717) is 12.1 Å². The van der Waals surface area contributed by atoms with Crippen molar-refractivity contribution in [2.45, 2.75) is 12.1 Å². The van der Waals surface area contributed by atoms with Gasteiger partial charge in [0.25, 0.3) is 5.91 Å². The fourth-order valence-electron chi connectivity index (χ4n) is 1.11. The summed E-state index contributed by atoms with van der Waals surface area (Å²) in [7, 11) is 0.966. The number of hydrogen-bond donors (Lipinski definition) is 1. The van der Waals surface area contributed by atoms with Crippen molar-refractivity contribution in [1.29, 1.82) is 0 Å². The molecule has 0 saturated carbocycles. The van der Waals surface area contributed by atoms with E-state index in [4.69, 9.17) is 0 Å². The van der Waals surface area contributed by atoms with Gasteiger partial charge in [-0.2, -0.15) is 22.0 Å². The van der Waals surface area contributed by atoms with Gasteiger partial charge in [-0.05, 0) is 24.3 Å². The maximum absolute atomic E-state index is 13.3. The van der Waals surface area contributed by atoms with Crippen LogP contribution in [0.4, 0.5) is 22.0 Å². The van der Waals surface area contributed by atoms with Gasteiger partial charge < -0.3 is 5.32 Å². The Labute approximate surface area is 93.4 Å². The van der Waals surface area contributed by atoms with Gasteiger partial charge in [0.1, 0.15) is 0 Å². The Hall–Kier alpha value is -1.66. The van der Waals surface area contributed by atoms with E-state index in [1.807, 2.05) is 6.07 Å². The van der Waals surface area contributed by atoms with Crippen LogP contribution in [0.3, 0.4) is 0 Å². The van der Waals surface area contributed by atoms with Crippen LogP contribution in [0, 0.1) is 6.07 Å². The number of likely N-dealkylation sites (N-methyl/N-ethyl adjacent to an activating group) is 1. The Bertz CT molecular complexity index is 427. The van der Waals surface area contributed by atoms with Crippen LogP contribution in [0.1, 0.15) is 11.1 Å². The number of rotatable bonds is 2. The summed E-state index contributed by atoms with van der Waals surface area (Å²) in [6, 6.07) is 3.34. The third kappa shape index (κ3) is 2.72. The number of hydrogen-bond acceptors (Lipinski definition) is 1. The van der Waals surface area contributed by atoms with Crippen LogP contribution in [-0.2, 0) is 16.9 Å². The molecule has 0 heterocycles. The number of halogens is 5. The summed E-state index contributed by atoms with van der Waals surface area (Å²) in [5, 5.41) is 1.68. The Balaban J connectivity index is 3.20. The molecule has 0 spiro atoms. The van der Waals surface area contributed by atoms with Gasteiger partial charge in [-0.25, -0.2) is 0 Å². The molecular formula is C10H7F5NO. The molecule has 0 aliphatic carbocycles. The van der Waals surface area contributed by atoms with E-state index < -0.39 is 29.1 Å². The van der Waals surface area contributed by atoms with Crippen LogP contribution in [0.2, 0.25) is 0 Å². The zero-order valence-corrected chi connectivity index (χ0v) is 8.53. The minimum absolute atomic E-state index is 0.228. The van der Waals surface area contributed by atoms with Gasteiger partial charge in [0.15, 0.2) is 0 Å². The number of amides is 1. The first-order chi connectivity index (χ1) is 7.69. The van der Waals surface area contributed by atoms with Gasteiger partial charge in [-0.3, -0.25) is 4.79 Å². The van der Waals surface area contributed by atoms with Gasteiger partial charge in [0, 0.05) is 12.6 Å². The monoisotopic (exact) mass is 252 g/mol. The van der Waals surface area contributed by atoms with Gasteiger partial charge in [-0.1, -0.05) is 0 Å². The third-order valence-electron chi connectivity index (χ3n) is 1.99. The fraction of sp³-hybridized carbons (Fsp3) is 0.300. The number of carbonyl (C=O) groups excluding carboxylic acids is 1. The first-order valence-electron chi connectivity index (χ1n) is 4.38. The van der Waals surface area contributed by atoms with Crippen molar-refractivity contribution in [1.82, 2.24) is 5.32 Å². The van der Waals surface area contributed by atoms with Crippen molar-refractivity contribution in [3.05, 3.63) is 35.4 Å². The van der Waals surface area contributed by atoms with E-state index in [1.165, 1.54) is 0 Å². The number of benzene rings is 1. The van der Waals surface area contributed by atoms with Crippen LogP contribution in [-0.4, -0.2) is 13.0 Å². The molecule has 1 N–H and O–H groups in total. The Kier molecular flexibility index (Phi) is 3.40. The third-order valence-corrected chi connectivity index (χ3v) is 1.99. The molecule has 0 bridgehead atoms. The van der Waals surface area contributed by atoms with Crippen LogP contribution in [0.5, 0.6) is 0 Å². The largest absolute Gasteiger partial charge is 0.416 e. The van der Waals surface area contributed by atoms with Crippen LogP contribution >= 0.6 is 0 Å². The minimum atomic E-state index is -4.76. The van der Waals surface area contributed by atoms with E-state index in [9.17, 15) is 26.7 Å². The first kappa shape index (κ1) is 13.4. The van der Waals surface area contributed by atoms with E-state index in [-0.39, 0.29) is 6.07 Å². The summed E-state index contributed by atoms with van der Waals surface area (Å²) in [6.45, 7) is 0. The van der Waals surface area contributed by atoms with Crippen molar-refractivity contribution in [2.75, 3.05) is 7.05 Å². The molecule has 1 amide bonds. The van der Waals surface area contributed by atoms with Crippen molar-refractivity contribution in [3.8, 4) is 0 Å². The molecule has 1 aromatic rings. The van der Waals surface area contributed by atoms with Gasteiger partial charge in [-0.15, -0.1) is 0 Å². The lowest BCUT2D eigenvalue weighted by molar-refractivity contribution is -0.147. The summed E-state index contributed by atoms with van der Waals surface area (Å²) < 4.78 is 63.5. The molecule has 7 heteroatoms. The minimum Gasteiger partial charge on any atom is -0.354 e. The Morgan fingerprint density at radius 1 is 1.18 bits per heavy atom. The molecule has 0 atom stereocenters. The Morgan fingerprint density at radius 2 is 1.71 bits per heavy atom. The highest BCUT2D eigenvalue weighted by atomic mass is 19.4. The molecule has 1 aromatic carbocycles. The van der Waals surface area contributed by atoms with E-state index >= 15 is 0 Å².